The molecule has 1 aliphatic heterocycles. The molecule has 0 aromatic carbocycles. The van der Waals surface area contributed by atoms with Gasteiger partial charge in [-0.05, 0) is 47.0 Å². The van der Waals surface area contributed by atoms with Crippen molar-refractivity contribution in [3.63, 3.8) is 0 Å². The fraction of sp³-hybridized carbons (Fsp3) is 0.733. The highest BCUT2D eigenvalue weighted by molar-refractivity contribution is 5.76. The monoisotopic (exact) mass is 279 g/mol. The van der Waals surface area contributed by atoms with Crippen molar-refractivity contribution in [3.05, 3.63) is 21.9 Å². The van der Waals surface area contributed by atoms with E-state index in [1.807, 2.05) is 18.7 Å². The van der Waals surface area contributed by atoms with Crippen LogP contribution < -0.4 is 5.69 Å². The van der Waals surface area contributed by atoms with Crippen molar-refractivity contribution in [2.24, 2.45) is 0 Å². The lowest BCUT2D eigenvalue weighted by atomic mass is 9.97. The van der Waals surface area contributed by atoms with Crippen LogP contribution in [0.3, 0.4) is 0 Å². The number of aryl methyl sites for hydroxylation is 1. The molecular weight excluding hydrogens is 254 g/mol. The van der Waals surface area contributed by atoms with Crippen molar-refractivity contribution < 1.29 is 4.79 Å². The van der Waals surface area contributed by atoms with Crippen LogP contribution in [0.1, 0.15) is 50.9 Å². The van der Waals surface area contributed by atoms with Gasteiger partial charge >= 0.3 is 5.69 Å². The number of carbonyl (C=O) groups is 1. The zero-order valence-corrected chi connectivity index (χ0v) is 12.9. The van der Waals surface area contributed by atoms with Gasteiger partial charge in [-0.15, -0.1) is 0 Å². The molecule has 0 spiro atoms. The first-order valence-electron chi connectivity index (χ1n) is 7.49. The number of nitrogens with one attached hydrogen (secondary N) is 1. The van der Waals surface area contributed by atoms with Gasteiger partial charge in [-0.3, -0.25) is 9.36 Å². The standard InChI is InChI=1S/C15H25N3O2/c1-10-6-5-7-11(2)18(10)14(19)8-9-17-13(4)12(3)16-15(17)20/h10-11H,5-9H2,1-4H3,(H,16,20). The third kappa shape index (κ3) is 2.81. The molecule has 2 atom stereocenters. The van der Waals surface area contributed by atoms with Gasteiger partial charge in [0.15, 0.2) is 0 Å². The van der Waals surface area contributed by atoms with Crippen LogP contribution >= 0.6 is 0 Å². The molecule has 0 bridgehead atoms. The van der Waals surface area contributed by atoms with Crippen molar-refractivity contribution >= 4 is 5.91 Å². The smallest absolute Gasteiger partial charge is 0.325 e. The first-order valence-corrected chi connectivity index (χ1v) is 7.49. The number of nitrogens with zero attached hydrogens (tertiary/aromatic N) is 2. The average Bonchev–Trinajstić information content (AvgIpc) is 2.61. The third-order valence-corrected chi connectivity index (χ3v) is 4.52. The lowest BCUT2D eigenvalue weighted by Gasteiger charge is -2.39. The van der Waals surface area contributed by atoms with E-state index in [9.17, 15) is 9.59 Å². The highest BCUT2D eigenvalue weighted by Gasteiger charge is 2.28. The van der Waals surface area contributed by atoms with E-state index in [-0.39, 0.29) is 11.6 Å². The minimum absolute atomic E-state index is 0.118. The second kappa shape index (κ2) is 5.85. The molecule has 1 amide bonds. The van der Waals surface area contributed by atoms with Crippen molar-refractivity contribution in [3.8, 4) is 0 Å². The second-order valence-corrected chi connectivity index (χ2v) is 5.97. The van der Waals surface area contributed by atoms with Crippen LogP contribution in [0.15, 0.2) is 4.79 Å². The minimum Gasteiger partial charge on any atom is -0.337 e. The van der Waals surface area contributed by atoms with Gasteiger partial charge in [0.05, 0.1) is 0 Å². The number of aromatic amines is 1. The number of imidazole rings is 1. The van der Waals surface area contributed by atoms with Crippen LogP contribution in [0.2, 0.25) is 0 Å². The molecule has 0 saturated carbocycles. The first kappa shape index (κ1) is 14.9. The Hall–Kier alpha value is -1.52. The minimum atomic E-state index is -0.118. The van der Waals surface area contributed by atoms with Gasteiger partial charge in [0.1, 0.15) is 0 Å². The van der Waals surface area contributed by atoms with Gasteiger partial charge in [-0.25, -0.2) is 4.79 Å². The first-order chi connectivity index (χ1) is 9.41. The predicted octanol–water partition coefficient (Wildman–Crippen LogP) is 1.97. The fourth-order valence-corrected chi connectivity index (χ4v) is 3.19. The highest BCUT2D eigenvalue weighted by Crippen LogP contribution is 2.23. The summed E-state index contributed by atoms with van der Waals surface area (Å²) in [5.41, 5.74) is 1.68. The third-order valence-electron chi connectivity index (χ3n) is 4.52. The van der Waals surface area contributed by atoms with Crippen molar-refractivity contribution in [2.75, 3.05) is 0 Å². The topological polar surface area (TPSA) is 58.1 Å². The van der Waals surface area contributed by atoms with E-state index >= 15 is 0 Å². The molecule has 20 heavy (non-hydrogen) atoms. The Morgan fingerprint density at radius 1 is 1.25 bits per heavy atom. The zero-order chi connectivity index (χ0) is 14.9. The van der Waals surface area contributed by atoms with Crippen LogP contribution in [0, 0.1) is 13.8 Å². The van der Waals surface area contributed by atoms with Gasteiger partial charge < -0.3 is 9.88 Å². The maximum absolute atomic E-state index is 12.4. The summed E-state index contributed by atoms with van der Waals surface area (Å²) in [6.07, 6.45) is 3.76. The molecule has 112 valence electrons. The summed E-state index contributed by atoms with van der Waals surface area (Å²) >= 11 is 0. The van der Waals surface area contributed by atoms with Crippen LogP contribution in [0.5, 0.6) is 0 Å². The van der Waals surface area contributed by atoms with E-state index in [1.165, 1.54) is 6.42 Å². The van der Waals surface area contributed by atoms with Crippen molar-refractivity contribution in [1.29, 1.82) is 0 Å². The Morgan fingerprint density at radius 2 is 1.85 bits per heavy atom. The van der Waals surface area contributed by atoms with E-state index in [0.29, 0.717) is 25.0 Å². The van der Waals surface area contributed by atoms with Crippen LogP contribution in [-0.2, 0) is 11.3 Å². The number of hydrogen-bond donors (Lipinski definition) is 1. The lowest BCUT2D eigenvalue weighted by molar-refractivity contribution is -0.137. The van der Waals surface area contributed by atoms with E-state index in [2.05, 4.69) is 18.8 Å². The number of rotatable bonds is 3. The zero-order valence-electron chi connectivity index (χ0n) is 12.9. The molecule has 2 rings (SSSR count). The summed E-state index contributed by atoms with van der Waals surface area (Å²) in [5.74, 6) is 0.162. The maximum atomic E-state index is 12.4. The van der Waals surface area contributed by atoms with E-state index in [1.54, 1.807) is 4.57 Å². The number of hydrogen-bond acceptors (Lipinski definition) is 2. The Kier molecular flexibility index (Phi) is 4.35. The Balaban J connectivity index is 2.03. The Labute approximate surface area is 120 Å². The van der Waals surface area contributed by atoms with Crippen LogP contribution in [-0.4, -0.2) is 32.4 Å². The number of carbonyl (C=O) groups excluding carboxylic acids is 1. The average molecular weight is 279 g/mol. The Morgan fingerprint density at radius 3 is 2.35 bits per heavy atom. The van der Waals surface area contributed by atoms with Gasteiger partial charge in [0.25, 0.3) is 0 Å². The molecule has 1 saturated heterocycles. The number of piperidine rings is 1. The van der Waals surface area contributed by atoms with Crippen molar-refractivity contribution in [2.45, 2.75) is 72.0 Å². The van der Waals surface area contributed by atoms with Crippen LogP contribution in [0.4, 0.5) is 0 Å². The normalized spacial score (nSPS) is 23.1. The molecular formula is C15H25N3O2. The summed E-state index contributed by atoms with van der Waals surface area (Å²) in [6.45, 7) is 8.48. The number of H-pyrrole nitrogens is 1. The second-order valence-electron chi connectivity index (χ2n) is 5.97. The summed E-state index contributed by atoms with van der Waals surface area (Å²) in [7, 11) is 0. The molecule has 2 unspecified atom stereocenters. The van der Waals surface area contributed by atoms with Crippen molar-refractivity contribution in [1.82, 2.24) is 14.5 Å². The summed E-state index contributed by atoms with van der Waals surface area (Å²) in [4.78, 5) is 29.0. The quantitative estimate of drug-likeness (QED) is 0.919. The molecule has 0 radical (unpaired) electrons. The van der Waals surface area contributed by atoms with Crippen LogP contribution in [0.25, 0.3) is 0 Å². The molecule has 0 aliphatic carbocycles. The van der Waals surface area contributed by atoms with E-state index < -0.39 is 0 Å². The molecule has 1 aromatic heterocycles. The van der Waals surface area contributed by atoms with E-state index in [4.69, 9.17) is 0 Å². The summed E-state index contributed by atoms with van der Waals surface area (Å²) in [6, 6.07) is 0.633. The van der Waals surface area contributed by atoms with Gasteiger partial charge in [0, 0.05) is 36.4 Å². The molecule has 2 heterocycles. The maximum Gasteiger partial charge on any atom is 0.325 e. The SMILES string of the molecule is Cc1[nH]c(=O)n(CCC(=O)N2C(C)CCCC2C)c1C. The van der Waals surface area contributed by atoms with Gasteiger partial charge in [-0.1, -0.05) is 0 Å². The van der Waals surface area contributed by atoms with Gasteiger partial charge in [0.2, 0.25) is 5.91 Å². The Bertz CT molecular complexity index is 534. The molecule has 1 aromatic rings. The number of likely N-dealkylation sites (tertiary alicyclic amines) is 1. The molecule has 5 heteroatoms. The number of aromatic nitrogens is 2. The lowest BCUT2D eigenvalue weighted by Crippen LogP contribution is -2.47. The molecule has 5 nitrogen and oxygen atoms in total. The molecule has 1 N–H and O–H groups in total. The fourth-order valence-electron chi connectivity index (χ4n) is 3.19. The molecule has 1 aliphatic rings. The molecule has 1 fully saturated rings. The number of amides is 1. The summed E-state index contributed by atoms with van der Waals surface area (Å²) < 4.78 is 1.66. The largest absolute Gasteiger partial charge is 0.337 e. The predicted molar refractivity (Wildman–Crippen MR) is 78.8 cm³/mol. The highest BCUT2D eigenvalue weighted by atomic mass is 16.2. The van der Waals surface area contributed by atoms with E-state index in [0.717, 1.165) is 24.2 Å². The summed E-state index contributed by atoms with van der Waals surface area (Å²) in [5, 5.41) is 0. The van der Waals surface area contributed by atoms with Gasteiger partial charge in [-0.2, -0.15) is 0 Å².